The topological polar surface area (TPSA) is 37.3 Å². The maximum Gasteiger partial charge on any atom is 0.335 e. The van der Waals surface area contributed by atoms with Crippen molar-refractivity contribution in [1.82, 2.24) is 0 Å². The van der Waals surface area contributed by atoms with Crippen LogP contribution in [0.15, 0.2) is 66.7 Å². The number of rotatable bonds is 6. The Morgan fingerprint density at radius 3 is 2.19 bits per heavy atom. The molecule has 0 heterocycles. The van der Waals surface area contributed by atoms with Crippen LogP contribution in [-0.2, 0) is 11.5 Å². The van der Waals surface area contributed by atoms with Gasteiger partial charge in [-0.05, 0) is 53.8 Å². The van der Waals surface area contributed by atoms with Crippen LogP contribution >= 0.6 is 11.8 Å². The van der Waals surface area contributed by atoms with E-state index in [2.05, 4.69) is 56.3 Å². The van der Waals surface area contributed by atoms with E-state index >= 15 is 0 Å². The van der Waals surface area contributed by atoms with Crippen LogP contribution in [-0.4, -0.2) is 11.1 Å². The average molecular weight is 362 g/mol. The molecule has 0 bridgehead atoms. The summed E-state index contributed by atoms with van der Waals surface area (Å²) in [6.07, 6.45) is 0. The quantitative estimate of drug-likeness (QED) is 0.575. The van der Waals surface area contributed by atoms with Crippen molar-refractivity contribution in [1.29, 1.82) is 0 Å². The molecule has 1 N–H and O–H groups in total. The molecule has 0 aliphatic heterocycles. The van der Waals surface area contributed by atoms with Gasteiger partial charge in [-0.3, -0.25) is 0 Å². The molecular formula is C23H22O2S. The Morgan fingerprint density at radius 1 is 0.885 bits per heavy atom. The molecule has 0 saturated carbocycles. The molecule has 132 valence electrons. The molecule has 0 amide bonds. The summed E-state index contributed by atoms with van der Waals surface area (Å²) in [5.74, 6) is 1.10. The molecule has 0 unspecified atom stereocenters. The van der Waals surface area contributed by atoms with E-state index in [1.165, 1.54) is 22.3 Å². The van der Waals surface area contributed by atoms with Crippen LogP contribution in [0, 0.1) is 13.8 Å². The SMILES string of the molecule is Cc1cccc(CSCc2ccc(-c3ccc(C(=O)O)cc3)c(C)c2)c1. The van der Waals surface area contributed by atoms with Gasteiger partial charge >= 0.3 is 5.97 Å². The normalized spacial score (nSPS) is 10.7. The van der Waals surface area contributed by atoms with E-state index < -0.39 is 5.97 Å². The maximum absolute atomic E-state index is 11.0. The fourth-order valence-electron chi connectivity index (χ4n) is 3.02. The van der Waals surface area contributed by atoms with Gasteiger partial charge in [0.25, 0.3) is 0 Å². The molecule has 3 aromatic rings. The Bertz CT molecular complexity index is 914. The molecule has 0 aliphatic rings. The van der Waals surface area contributed by atoms with E-state index in [1.54, 1.807) is 12.1 Å². The predicted molar refractivity (Wildman–Crippen MR) is 110 cm³/mol. The van der Waals surface area contributed by atoms with Crippen LogP contribution in [0.5, 0.6) is 0 Å². The first kappa shape index (κ1) is 18.3. The zero-order chi connectivity index (χ0) is 18.5. The Hall–Kier alpha value is -2.52. The summed E-state index contributed by atoms with van der Waals surface area (Å²) < 4.78 is 0. The average Bonchev–Trinajstić information content (AvgIpc) is 2.62. The summed E-state index contributed by atoms with van der Waals surface area (Å²) in [5.41, 5.74) is 7.70. The third-order valence-corrected chi connectivity index (χ3v) is 5.43. The zero-order valence-corrected chi connectivity index (χ0v) is 15.8. The predicted octanol–water partition coefficient (Wildman–Crippen LogP) is 6.10. The molecular weight excluding hydrogens is 340 g/mol. The monoisotopic (exact) mass is 362 g/mol. The summed E-state index contributed by atoms with van der Waals surface area (Å²) >= 11 is 1.92. The van der Waals surface area contributed by atoms with Gasteiger partial charge in [0.2, 0.25) is 0 Å². The molecule has 0 saturated heterocycles. The minimum atomic E-state index is -0.894. The number of carbonyl (C=O) groups is 1. The number of hydrogen-bond acceptors (Lipinski definition) is 2. The minimum absolute atomic E-state index is 0.315. The van der Waals surface area contributed by atoms with Crippen molar-refractivity contribution in [3.05, 3.63) is 94.5 Å². The minimum Gasteiger partial charge on any atom is -0.478 e. The van der Waals surface area contributed by atoms with Crippen molar-refractivity contribution >= 4 is 17.7 Å². The first-order valence-corrected chi connectivity index (χ1v) is 9.75. The standard InChI is InChI=1S/C23H22O2S/c1-16-4-3-5-18(12-16)14-26-15-19-6-11-22(17(2)13-19)20-7-9-21(10-8-20)23(24)25/h3-13H,14-15H2,1-2H3,(H,24,25). The second kappa shape index (κ2) is 8.24. The lowest BCUT2D eigenvalue weighted by atomic mass is 9.98. The van der Waals surface area contributed by atoms with Crippen LogP contribution in [0.2, 0.25) is 0 Å². The van der Waals surface area contributed by atoms with Gasteiger partial charge in [-0.2, -0.15) is 11.8 Å². The Labute approximate surface area is 158 Å². The largest absolute Gasteiger partial charge is 0.478 e. The van der Waals surface area contributed by atoms with Crippen molar-refractivity contribution in [2.24, 2.45) is 0 Å². The Balaban J connectivity index is 1.66. The number of thioether (sulfide) groups is 1. The lowest BCUT2D eigenvalue weighted by molar-refractivity contribution is 0.0697. The van der Waals surface area contributed by atoms with Crippen LogP contribution in [0.1, 0.15) is 32.6 Å². The van der Waals surface area contributed by atoms with Gasteiger partial charge in [-0.1, -0.05) is 60.2 Å². The third kappa shape index (κ3) is 4.55. The van der Waals surface area contributed by atoms with Crippen molar-refractivity contribution in [2.45, 2.75) is 25.4 Å². The highest BCUT2D eigenvalue weighted by atomic mass is 32.2. The molecule has 2 nitrogen and oxygen atoms in total. The Morgan fingerprint density at radius 2 is 1.58 bits per heavy atom. The van der Waals surface area contributed by atoms with Crippen molar-refractivity contribution in [2.75, 3.05) is 0 Å². The molecule has 26 heavy (non-hydrogen) atoms. The molecule has 0 aliphatic carbocycles. The lowest BCUT2D eigenvalue weighted by Gasteiger charge is -2.10. The van der Waals surface area contributed by atoms with Crippen molar-refractivity contribution in [3.8, 4) is 11.1 Å². The fourth-order valence-corrected chi connectivity index (χ4v) is 3.95. The third-order valence-electron chi connectivity index (χ3n) is 4.35. The van der Waals surface area contributed by atoms with Crippen LogP contribution in [0.3, 0.4) is 0 Å². The van der Waals surface area contributed by atoms with Crippen molar-refractivity contribution < 1.29 is 9.90 Å². The van der Waals surface area contributed by atoms with E-state index in [0.717, 1.165) is 22.6 Å². The van der Waals surface area contributed by atoms with E-state index in [9.17, 15) is 4.79 Å². The number of carboxylic acid groups (broad SMARTS) is 1. The molecule has 0 radical (unpaired) electrons. The smallest absolute Gasteiger partial charge is 0.335 e. The van der Waals surface area contributed by atoms with Gasteiger partial charge in [-0.15, -0.1) is 0 Å². The number of hydrogen-bond donors (Lipinski definition) is 1. The zero-order valence-electron chi connectivity index (χ0n) is 15.0. The van der Waals surface area contributed by atoms with Gasteiger partial charge in [0.15, 0.2) is 0 Å². The van der Waals surface area contributed by atoms with Crippen LogP contribution in [0.4, 0.5) is 0 Å². The van der Waals surface area contributed by atoms with Crippen LogP contribution in [0.25, 0.3) is 11.1 Å². The Kier molecular flexibility index (Phi) is 5.79. The molecule has 0 atom stereocenters. The molecule has 3 heteroatoms. The second-order valence-electron chi connectivity index (χ2n) is 6.51. The molecule has 0 spiro atoms. The lowest BCUT2D eigenvalue weighted by Crippen LogP contribution is -1.95. The van der Waals surface area contributed by atoms with Gasteiger partial charge < -0.3 is 5.11 Å². The summed E-state index contributed by atoms with van der Waals surface area (Å²) in [4.78, 5) is 11.0. The molecule has 0 aromatic heterocycles. The highest BCUT2D eigenvalue weighted by Crippen LogP contribution is 2.27. The second-order valence-corrected chi connectivity index (χ2v) is 7.50. The molecule has 0 fully saturated rings. The first-order valence-electron chi connectivity index (χ1n) is 8.59. The summed E-state index contributed by atoms with van der Waals surface area (Å²) in [6, 6.07) is 22.2. The number of benzene rings is 3. The van der Waals surface area contributed by atoms with Gasteiger partial charge in [0, 0.05) is 11.5 Å². The van der Waals surface area contributed by atoms with E-state index in [0.29, 0.717) is 5.56 Å². The van der Waals surface area contributed by atoms with E-state index in [-0.39, 0.29) is 0 Å². The first-order chi connectivity index (χ1) is 12.5. The van der Waals surface area contributed by atoms with Gasteiger partial charge in [0.1, 0.15) is 0 Å². The van der Waals surface area contributed by atoms with Gasteiger partial charge in [-0.25, -0.2) is 4.79 Å². The summed E-state index contributed by atoms with van der Waals surface area (Å²) in [7, 11) is 0. The number of aromatic carboxylic acids is 1. The number of carboxylic acids is 1. The summed E-state index contributed by atoms with van der Waals surface area (Å²) in [6.45, 7) is 4.23. The van der Waals surface area contributed by atoms with E-state index in [1.807, 2.05) is 23.9 Å². The number of aryl methyl sites for hydroxylation is 2. The van der Waals surface area contributed by atoms with Gasteiger partial charge in [0.05, 0.1) is 5.56 Å². The molecule has 3 aromatic carbocycles. The summed E-state index contributed by atoms with van der Waals surface area (Å²) in [5, 5.41) is 9.01. The maximum atomic E-state index is 11.0. The highest BCUT2D eigenvalue weighted by molar-refractivity contribution is 7.97. The van der Waals surface area contributed by atoms with Crippen molar-refractivity contribution in [3.63, 3.8) is 0 Å². The van der Waals surface area contributed by atoms with Crippen LogP contribution < -0.4 is 0 Å². The molecule has 3 rings (SSSR count). The fraction of sp³-hybridized carbons (Fsp3) is 0.174. The van der Waals surface area contributed by atoms with E-state index in [4.69, 9.17) is 5.11 Å². The highest BCUT2D eigenvalue weighted by Gasteiger charge is 2.06.